The van der Waals surface area contributed by atoms with Crippen LogP contribution < -0.4 is 10.1 Å². The summed E-state index contributed by atoms with van der Waals surface area (Å²) in [6, 6.07) is 5.68. The van der Waals surface area contributed by atoms with Crippen LogP contribution in [0.1, 0.15) is 4.88 Å². The van der Waals surface area contributed by atoms with Gasteiger partial charge in [0, 0.05) is 23.9 Å². The zero-order valence-corrected chi connectivity index (χ0v) is 15.4. The lowest BCUT2D eigenvalue weighted by molar-refractivity contribution is -0.671. The van der Waals surface area contributed by atoms with E-state index in [-0.39, 0.29) is 6.54 Å². The predicted octanol–water partition coefficient (Wildman–Crippen LogP) is 3.54. The van der Waals surface area contributed by atoms with Gasteiger partial charge in [0.05, 0.1) is 11.1 Å². The second-order valence-corrected chi connectivity index (χ2v) is 7.54. The number of hydrogen-bond acceptors (Lipinski definition) is 4. The molecule has 1 aromatic carbocycles. The van der Waals surface area contributed by atoms with E-state index in [1.807, 2.05) is 0 Å². The number of pyridine rings is 1. The summed E-state index contributed by atoms with van der Waals surface area (Å²) in [6.45, 7) is 0.0717. The maximum absolute atomic E-state index is 14.3. The fourth-order valence-corrected chi connectivity index (χ4v) is 3.87. The molecule has 0 spiro atoms. The van der Waals surface area contributed by atoms with Gasteiger partial charge >= 0.3 is 5.56 Å². The van der Waals surface area contributed by atoms with Crippen LogP contribution in [0.25, 0.3) is 16.8 Å². The first-order valence-electron chi connectivity index (χ1n) is 7.88. The highest BCUT2D eigenvalue weighted by Crippen LogP contribution is 2.28. The van der Waals surface area contributed by atoms with Crippen LogP contribution in [0.3, 0.4) is 0 Å². The van der Waals surface area contributed by atoms with Crippen molar-refractivity contribution in [2.24, 2.45) is 0 Å². The Balaban J connectivity index is 2.05. The first-order chi connectivity index (χ1) is 13.4. The van der Waals surface area contributed by atoms with E-state index in [1.54, 1.807) is 18.2 Å². The van der Waals surface area contributed by atoms with Crippen LogP contribution >= 0.6 is 22.9 Å². The van der Waals surface area contributed by atoms with Crippen molar-refractivity contribution in [3.8, 4) is 17.0 Å². The van der Waals surface area contributed by atoms with Crippen LogP contribution in [0.2, 0.25) is 4.47 Å². The summed E-state index contributed by atoms with van der Waals surface area (Å²) in [5.41, 5.74) is -1.51. The number of aromatic nitrogens is 3. The molecule has 28 heavy (non-hydrogen) atoms. The summed E-state index contributed by atoms with van der Waals surface area (Å²) in [7, 11) is 0. The Labute approximate surface area is 164 Å². The number of halogens is 4. The molecule has 0 fully saturated rings. The summed E-state index contributed by atoms with van der Waals surface area (Å²) in [4.78, 5) is 17.5. The van der Waals surface area contributed by atoms with E-state index in [0.29, 0.717) is 27.1 Å². The highest BCUT2D eigenvalue weighted by Gasteiger charge is 2.28. The molecule has 142 valence electrons. The molecule has 0 saturated carbocycles. The van der Waals surface area contributed by atoms with Crippen molar-refractivity contribution in [2.75, 3.05) is 0 Å². The minimum absolute atomic E-state index is 0.0717. The normalized spacial score (nSPS) is 11.3. The number of thiazole rings is 1. The van der Waals surface area contributed by atoms with E-state index in [4.69, 9.17) is 11.6 Å². The molecule has 0 aliphatic carbocycles. The molecule has 0 saturated heterocycles. The Morgan fingerprint density at radius 3 is 2.64 bits per heavy atom. The third kappa shape index (κ3) is 3.02. The van der Waals surface area contributed by atoms with Gasteiger partial charge in [-0.2, -0.15) is 8.97 Å². The Morgan fingerprint density at radius 1 is 1.18 bits per heavy atom. The van der Waals surface area contributed by atoms with Crippen LogP contribution in [0, 0.1) is 17.5 Å². The molecule has 0 aliphatic heterocycles. The van der Waals surface area contributed by atoms with Crippen molar-refractivity contribution < 1.29 is 22.8 Å². The van der Waals surface area contributed by atoms with E-state index >= 15 is 0 Å². The molecular weight excluding hydrogens is 415 g/mol. The molecular formula is C18H10ClF3N3O2S+. The highest BCUT2D eigenvalue weighted by atomic mass is 35.5. The molecule has 3 heterocycles. The van der Waals surface area contributed by atoms with Gasteiger partial charge < -0.3 is 5.11 Å². The monoisotopic (exact) mass is 424 g/mol. The van der Waals surface area contributed by atoms with Crippen LogP contribution in [0.15, 0.2) is 47.5 Å². The summed E-state index contributed by atoms with van der Waals surface area (Å²) in [5.74, 6) is -4.50. The Morgan fingerprint density at radius 2 is 1.93 bits per heavy atom. The summed E-state index contributed by atoms with van der Waals surface area (Å²) in [6.07, 6.45) is 2.93. The van der Waals surface area contributed by atoms with Gasteiger partial charge in [-0.1, -0.05) is 17.7 Å². The predicted molar refractivity (Wildman–Crippen MR) is 97.1 cm³/mol. The highest BCUT2D eigenvalue weighted by molar-refractivity contribution is 7.15. The minimum atomic E-state index is -1.39. The van der Waals surface area contributed by atoms with E-state index in [2.05, 4.69) is 4.98 Å². The van der Waals surface area contributed by atoms with Crippen molar-refractivity contribution in [2.45, 2.75) is 6.54 Å². The lowest BCUT2D eigenvalue weighted by Crippen LogP contribution is -2.41. The van der Waals surface area contributed by atoms with Gasteiger partial charge in [0.1, 0.15) is 12.4 Å². The lowest BCUT2D eigenvalue weighted by Gasteiger charge is -2.10. The van der Waals surface area contributed by atoms with Crippen molar-refractivity contribution in [3.05, 3.63) is 79.9 Å². The first-order valence-corrected chi connectivity index (χ1v) is 9.07. The Hall–Kier alpha value is -2.91. The fourth-order valence-electron chi connectivity index (χ4n) is 2.90. The SMILES string of the molecule is O=c1c(-c2cc(F)c(F)cc2F)c(O)[n+](Cc2cnc(Cl)s2)c2ccccn12. The molecule has 10 heteroatoms. The molecule has 0 aliphatic rings. The first kappa shape index (κ1) is 18.5. The topological polar surface area (TPSA) is 58.5 Å². The van der Waals surface area contributed by atoms with Gasteiger partial charge in [0.2, 0.25) is 0 Å². The van der Waals surface area contributed by atoms with Crippen molar-refractivity contribution in [3.63, 3.8) is 0 Å². The third-order valence-corrected chi connectivity index (χ3v) is 5.25. The van der Waals surface area contributed by atoms with Crippen molar-refractivity contribution in [1.82, 2.24) is 9.38 Å². The van der Waals surface area contributed by atoms with Crippen LogP contribution in [-0.2, 0) is 6.54 Å². The summed E-state index contributed by atoms with van der Waals surface area (Å²) in [5, 5.41) is 10.8. The van der Waals surface area contributed by atoms with Gasteiger partial charge in [0.25, 0.3) is 11.5 Å². The average molecular weight is 425 g/mol. The van der Waals surface area contributed by atoms with E-state index in [1.165, 1.54) is 21.4 Å². The van der Waals surface area contributed by atoms with Crippen LogP contribution in [0.4, 0.5) is 13.2 Å². The average Bonchev–Trinajstić information content (AvgIpc) is 3.08. The fraction of sp³-hybridized carbons (Fsp3) is 0.0556. The van der Waals surface area contributed by atoms with Gasteiger partial charge in [-0.15, -0.1) is 11.3 Å². The van der Waals surface area contributed by atoms with Gasteiger partial charge in [-0.25, -0.2) is 22.9 Å². The van der Waals surface area contributed by atoms with E-state index < -0.39 is 40.0 Å². The van der Waals surface area contributed by atoms with Crippen LogP contribution in [-0.4, -0.2) is 14.5 Å². The van der Waals surface area contributed by atoms with Gasteiger partial charge in [-0.3, -0.25) is 0 Å². The largest absolute Gasteiger partial charge is 0.477 e. The zero-order chi connectivity index (χ0) is 20.0. The van der Waals surface area contributed by atoms with Crippen molar-refractivity contribution >= 4 is 28.6 Å². The Bertz CT molecular complexity index is 1290. The minimum Gasteiger partial charge on any atom is -0.477 e. The molecule has 1 N–H and O–H groups in total. The number of aromatic hydroxyl groups is 1. The maximum Gasteiger partial charge on any atom is 0.354 e. The molecule has 3 aromatic heterocycles. The quantitative estimate of drug-likeness (QED) is 0.404. The van der Waals surface area contributed by atoms with Gasteiger partial charge in [-0.05, 0) is 12.1 Å². The maximum atomic E-state index is 14.3. The summed E-state index contributed by atoms with van der Waals surface area (Å²) < 4.78 is 44.2. The number of hydrogen-bond donors (Lipinski definition) is 1. The molecule has 0 unspecified atom stereocenters. The second-order valence-electron chi connectivity index (χ2n) is 5.84. The molecule has 0 radical (unpaired) electrons. The molecule has 4 rings (SSSR count). The van der Waals surface area contributed by atoms with Crippen LogP contribution in [0.5, 0.6) is 5.88 Å². The Kier molecular flexibility index (Phi) is 4.56. The molecule has 0 amide bonds. The third-order valence-electron chi connectivity index (χ3n) is 4.15. The number of rotatable bonds is 3. The van der Waals surface area contributed by atoms with Crippen molar-refractivity contribution in [1.29, 1.82) is 0 Å². The number of benzene rings is 1. The smallest absolute Gasteiger partial charge is 0.354 e. The molecule has 0 bridgehead atoms. The standard InChI is InChI=1S/C18H9ClF3N3O2S/c19-18-23-7-9(28-18)8-25-14-3-1-2-4-24(14)16(26)15(17(25)27)10-5-12(21)13(22)6-11(10)20/h1-7H,8H2/p+1. The molecule has 4 aromatic rings. The number of fused-ring (bicyclic) bond motifs is 1. The van der Waals surface area contributed by atoms with E-state index in [0.717, 1.165) is 11.3 Å². The molecule has 0 atom stereocenters. The second kappa shape index (κ2) is 6.92. The van der Waals surface area contributed by atoms with E-state index in [9.17, 15) is 23.1 Å². The molecule has 5 nitrogen and oxygen atoms in total. The zero-order valence-electron chi connectivity index (χ0n) is 13.9. The lowest BCUT2D eigenvalue weighted by atomic mass is 10.1. The number of nitrogens with zero attached hydrogens (tertiary/aromatic N) is 3. The van der Waals surface area contributed by atoms with Gasteiger partial charge in [0.15, 0.2) is 21.7 Å². The summed E-state index contributed by atoms with van der Waals surface area (Å²) >= 11 is 7.01.